The highest BCUT2D eigenvalue weighted by Crippen LogP contribution is 2.25. The molecule has 0 aliphatic heterocycles. The summed E-state index contributed by atoms with van der Waals surface area (Å²) in [7, 11) is 0. The first-order valence-electron chi connectivity index (χ1n) is 6.82. The molecule has 1 atom stereocenters. The van der Waals surface area contributed by atoms with Gasteiger partial charge in [0.05, 0.1) is 11.6 Å². The molecule has 0 saturated heterocycles. The first-order chi connectivity index (χ1) is 9.79. The van der Waals surface area contributed by atoms with E-state index in [4.69, 9.17) is 5.73 Å². The van der Waals surface area contributed by atoms with Crippen LogP contribution in [0.1, 0.15) is 29.7 Å². The predicted molar refractivity (Wildman–Crippen MR) is 81.4 cm³/mol. The Bertz CT molecular complexity index is 737. The third-order valence-electron chi connectivity index (χ3n) is 3.65. The van der Waals surface area contributed by atoms with Crippen LogP contribution < -0.4 is 5.73 Å². The van der Waals surface area contributed by atoms with Gasteiger partial charge in [-0.15, -0.1) is 0 Å². The van der Waals surface area contributed by atoms with Crippen molar-refractivity contribution in [1.29, 1.82) is 0 Å². The van der Waals surface area contributed by atoms with Gasteiger partial charge in [0.15, 0.2) is 0 Å². The molecule has 0 saturated carbocycles. The molecule has 3 rings (SSSR count). The Balaban J connectivity index is 2.05. The summed E-state index contributed by atoms with van der Waals surface area (Å²) in [6.45, 7) is 2.12. The summed E-state index contributed by atoms with van der Waals surface area (Å²) < 4.78 is 0. The van der Waals surface area contributed by atoms with Crippen molar-refractivity contribution in [1.82, 2.24) is 9.97 Å². The van der Waals surface area contributed by atoms with Crippen molar-refractivity contribution >= 4 is 10.9 Å². The highest BCUT2D eigenvalue weighted by Gasteiger charge is 2.13. The van der Waals surface area contributed by atoms with Gasteiger partial charge < -0.3 is 5.73 Å². The van der Waals surface area contributed by atoms with Gasteiger partial charge in [-0.2, -0.15) is 0 Å². The fraction of sp³-hybridized carbons (Fsp3) is 0.176. The van der Waals surface area contributed by atoms with Gasteiger partial charge in [0.25, 0.3) is 0 Å². The Hall–Kier alpha value is -2.26. The molecular weight excluding hydrogens is 246 g/mol. The van der Waals surface area contributed by atoms with Crippen LogP contribution in [0.5, 0.6) is 0 Å². The minimum atomic E-state index is -0.139. The monoisotopic (exact) mass is 263 g/mol. The van der Waals surface area contributed by atoms with Crippen molar-refractivity contribution in [2.45, 2.75) is 19.4 Å². The number of aryl methyl sites for hydroxylation is 1. The van der Waals surface area contributed by atoms with Crippen molar-refractivity contribution in [3.63, 3.8) is 0 Å². The molecule has 0 radical (unpaired) electrons. The van der Waals surface area contributed by atoms with Gasteiger partial charge in [-0.1, -0.05) is 25.1 Å². The molecule has 3 heteroatoms. The average molecular weight is 263 g/mol. The normalized spacial score (nSPS) is 12.5. The minimum absolute atomic E-state index is 0.139. The van der Waals surface area contributed by atoms with Crippen LogP contribution in [-0.2, 0) is 6.42 Å². The number of pyridine rings is 2. The summed E-state index contributed by atoms with van der Waals surface area (Å²) in [5, 5.41) is 1.13. The molecule has 3 nitrogen and oxygen atoms in total. The van der Waals surface area contributed by atoms with E-state index in [1.54, 1.807) is 6.20 Å². The van der Waals surface area contributed by atoms with Crippen LogP contribution in [0, 0.1) is 0 Å². The van der Waals surface area contributed by atoms with E-state index in [0.29, 0.717) is 0 Å². The first kappa shape index (κ1) is 12.8. The molecule has 0 bridgehead atoms. The summed E-state index contributed by atoms with van der Waals surface area (Å²) in [4.78, 5) is 8.57. The van der Waals surface area contributed by atoms with E-state index < -0.39 is 0 Å². The maximum Gasteiger partial charge on any atom is 0.0705 e. The summed E-state index contributed by atoms with van der Waals surface area (Å²) in [5.74, 6) is 0. The SMILES string of the molecule is CCc1cnccc1C(N)c1ccc2cccnc2c1. The first-order valence-corrected chi connectivity index (χ1v) is 6.82. The number of rotatable bonds is 3. The quantitative estimate of drug-likeness (QED) is 0.789. The van der Waals surface area contributed by atoms with Gasteiger partial charge in [-0.3, -0.25) is 9.97 Å². The minimum Gasteiger partial charge on any atom is -0.320 e. The predicted octanol–water partition coefficient (Wildman–Crippen LogP) is 3.24. The summed E-state index contributed by atoms with van der Waals surface area (Å²) in [5.41, 5.74) is 10.8. The fourth-order valence-electron chi connectivity index (χ4n) is 2.49. The smallest absolute Gasteiger partial charge is 0.0705 e. The Morgan fingerprint density at radius 3 is 2.90 bits per heavy atom. The van der Waals surface area contributed by atoms with Gasteiger partial charge in [0, 0.05) is 24.0 Å². The maximum absolute atomic E-state index is 6.43. The van der Waals surface area contributed by atoms with Gasteiger partial charge in [0.1, 0.15) is 0 Å². The highest BCUT2D eigenvalue weighted by atomic mass is 14.7. The van der Waals surface area contributed by atoms with E-state index >= 15 is 0 Å². The highest BCUT2D eigenvalue weighted by molar-refractivity contribution is 5.79. The Morgan fingerprint density at radius 1 is 1.15 bits per heavy atom. The van der Waals surface area contributed by atoms with E-state index in [2.05, 4.69) is 41.2 Å². The maximum atomic E-state index is 6.43. The van der Waals surface area contributed by atoms with E-state index in [0.717, 1.165) is 28.5 Å². The lowest BCUT2D eigenvalue weighted by Gasteiger charge is -2.16. The van der Waals surface area contributed by atoms with Crippen LogP contribution in [0.2, 0.25) is 0 Å². The molecule has 2 N–H and O–H groups in total. The van der Waals surface area contributed by atoms with Gasteiger partial charge >= 0.3 is 0 Å². The third kappa shape index (κ3) is 2.28. The number of aromatic nitrogens is 2. The van der Waals surface area contributed by atoms with Crippen LogP contribution >= 0.6 is 0 Å². The van der Waals surface area contributed by atoms with Crippen molar-refractivity contribution in [3.8, 4) is 0 Å². The lowest BCUT2D eigenvalue weighted by molar-refractivity contribution is 0.845. The van der Waals surface area contributed by atoms with Crippen molar-refractivity contribution in [3.05, 3.63) is 71.7 Å². The lowest BCUT2D eigenvalue weighted by Crippen LogP contribution is -2.14. The van der Waals surface area contributed by atoms with E-state index in [1.165, 1.54) is 5.56 Å². The lowest BCUT2D eigenvalue weighted by atomic mass is 9.95. The molecule has 2 heterocycles. The third-order valence-corrected chi connectivity index (χ3v) is 3.65. The average Bonchev–Trinajstić information content (AvgIpc) is 2.53. The number of hydrogen-bond acceptors (Lipinski definition) is 3. The van der Waals surface area contributed by atoms with E-state index in [9.17, 15) is 0 Å². The molecule has 20 heavy (non-hydrogen) atoms. The zero-order valence-corrected chi connectivity index (χ0v) is 11.5. The number of hydrogen-bond donors (Lipinski definition) is 1. The molecule has 2 aromatic heterocycles. The zero-order chi connectivity index (χ0) is 13.9. The molecule has 0 aliphatic carbocycles. The second kappa shape index (κ2) is 5.39. The van der Waals surface area contributed by atoms with Crippen LogP contribution in [-0.4, -0.2) is 9.97 Å². The summed E-state index contributed by atoms with van der Waals surface area (Å²) >= 11 is 0. The van der Waals surface area contributed by atoms with E-state index in [-0.39, 0.29) is 6.04 Å². The summed E-state index contributed by atoms with van der Waals surface area (Å²) in [6, 6.07) is 12.1. The molecule has 100 valence electrons. The van der Waals surface area contributed by atoms with Crippen molar-refractivity contribution in [2.75, 3.05) is 0 Å². The van der Waals surface area contributed by atoms with Crippen molar-refractivity contribution < 1.29 is 0 Å². The van der Waals surface area contributed by atoms with Gasteiger partial charge in [0.2, 0.25) is 0 Å². The number of nitrogens with two attached hydrogens (primary N) is 1. The molecule has 0 spiro atoms. The van der Waals surface area contributed by atoms with Crippen LogP contribution in [0.4, 0.5) is 0 Å². The molecule has 3 aromatic rings. The molecule has 1 unspecified atom stereocenters. The number of nitrogens with zero attached hydrogens (tertiary/aromatic N) is 2. The molecule has 0 aliphatic rings. The summed E-state index contributed by atoms with van der Waals surface area (Å²) in [6.07, 6.45) is 6.44. The molecular formula is C17H17N3. The Labute approximate surface area is 118 Å². The van der Waals surface area contributed by atoms with Gasteiger partial charge in [-0.25, -0.2) is 0 Å². The zero-order valence-electron chi connectivity index (χ0n) is 11.5. The number of fused-ring (bicyclic) bond motifs is 1. The van der Waals surface area contributed by atoms with Gasteiger partial charge in [-0.05, 0) is 41.3 Å². The molecule has 0 amide bonds. The Morgan fingerprint density at radius 2 is 2.05 bits per heavy atom. The molecule has 0 fully saturated rings. The fourth-order valence-corrected chi connectivity index (χ4v) is 2.49. The van der Waals surface area contributed by atoms with Crippen molar-refractivity contribution in [2.24, 2.45) is 5.73 Å². The van der Waals surface area contributed by atoms with Crippen LogP contribution in [0.3, 0.4) is 0 Å². The van der Waals surface area contributed by atoms with Crippen LogP contribution in [0.25, 0.3) is 10.9 Å². The number of benzene rings is 1. The standard InChI is InChI=1S/C17H17N3/c1-2-12-11-19-9-7-15(12)17(18)14-6-5-13-4-3-8-20-16(13)10-14/h3-11,17H,2,18H2,1H3. The largest absolute Gasteiger partial charge is 0.320 e. The molecule has 1 aromatic carbocycles. The van der Waals surface area contributed by atoms with Crippen LogP contribution in [0.15, 0.2) is 55.0 Å². The topological polar surface area (TPSA) is 51.8 Å². The van der Waals surface area contributed by atoms with E-state index in [1.807, 2.05) is 24.5 Å². The second-order valence-electron chi connectivity index (χ2n) is 4.86. The second-order valence-corrected chi connectivity index (χ2v) is 4.86. The Kier molecular flexibility index (Phi) is 3.44.